The molecule has 4 N–H and O–H groups in total. The Morgan fingerprint density at radius 2 is 1.50 bits per heavy atom. The van der Waals surface area contributed by atoms with Gasteiger partial charge in [0.25, 0.3) is 0 Å². The number of rotatable bonds is 12. The molecule has 2 aromatic rings. The van der Waals surface area contributed by atoms with Gasteiger partial charge in [-0.3, -0.25) is 9.59 Å². The molecule has 0 bridgehead atoms. The molecule has 32 heavy (non-hydrogen) atoms. The van der Waals surface area contributed by atoms with Crippen molar-refractivity contribution in [3.8, 4) is 0 Å². The smallest absolute Gasteiger partial charge is 0.408 e. The van der Waals surface area contributed by atoms with Gasteiger partial charge in [-0.05, 0) is 23.5 Å². The predicted molar refractivity (Wildman–Crippen MR) is 127 cm³/mol. The van der Waals surface area contributed by atoms with Gasteiger partial charge in [-0.1, -0.05) is 74.5 Å². The number of benzene rings is 2. The normalized spacial score (nSPS) is 12.6. The molecule has 8 heteroatoms. The summed E-state index contributed by atoms with van der Waals surface area (Å²) in [5.74, 6) is 0.0915. The third-order valence-electron chi connectivity index (χ3n) is 4.58. The van der Waals surface area contributed by atoms with E-state index in [1.165, 1.54) is 11.8 Å². The zero-order chi connectivity index (χ0) is 23.3. The number of alkyl carbamates (subject to hydrolysis) is 1. The second-order valence-corrected chi connectivity index (χ2v) is 8.88. The highest BCUT2D eigenvalue weighted by Gasteiger charge is 2.26. The molecule has 0 radical (unpaired) electrons. The molecule has 0 aliphatic heterocycles. The summed E-state index contributed by atoms with van der Waals surface area (Å²) >= 11 is 1.50. The Labute approximate surface area is 193 Å². The van der Waals surface area contributed by atoms with E-state index in [1.54, 1.807) is 0 Å². The molecular weight excluding hydrogens is 426 g/mol. The number of nitrogens with one attached hydrogen (secondary N) is 2. The van der Waals surface area contributed by atoms with E-state index in [1.807, 2.05) is 74.5 Å². The van der Waals surface area contributed by atoms with E-state index >= 15 is 0 Å². The van der Waals surface area contributed by atoms with Gasteiger partial charge in [0.1, 0.15) is 18.7 Å². The number of amides is 3. The molecule has 2 rings (SSSR count). The summed E-state index contributed by atoms with van der Waals surface area (Å²) in [6.45, 7) is 3.97. The van der Waals surface area contributed by atoms with Gasteiger partial charge in [-0.15, -0.1) is 0 Å². The van der Waals surface area contributed by atoms with Crippen LogP contribution in [0.25, 0.3) is 0 Å². The van der Waals surface area contributed by atoms with Gasteiger partial charge in [-0.25, -0.2) is 4.79 Å². The Morgan fingerprint density at radius 3 is 2.06 bits per heavy atom. The minimum atomic E-state index is -0.874. The van der Waals surface area contributed by atoms with Crippen LogP contribution in [0.1, 0.15) is 31.4 Å². The van der Waals surface area contributed by atoms with E-state index in [9.17, 15) is 14.4 Å². The average Bonchev–Trinajstić information content (AvgIpc) is 2.77. The van der Waals surface area contributed by atoms with Crippen LogP contribution in [0.4, 0.5) is 4.79 Å². The fourth-order valence-corrected chi connectivity index (χ4v) is 3.97. The maximum absolute atomic E-state index is 12.9. The fourth-order valence-electron chi connectivity index (χ4n) is 2.95. The van der Waals surface area contributed by atoms with Crippen molar-refractivity contribution in [1.82, 2.24) is 10.6 Å². The first-order valence-corrected chi connectivity index (χ1v) is 11.7. The van der Waals surface area contributed by atoms with Gasteiger partial charge in [-0.2, -0.15) is 11.8 Å². The highest BCUT2D eigenvalue weighted by molar-refractivity contribution is 7.98. The quantitative estimate of drug-likeness (QED) is 0.453. The predicted octanol–water partition coefficient (Wildman–Crippen LogP) is 3.23. The second kappa shape index (κ2) is 13.4. The van der Waals surface area contributed by atoms with Gasteiger partial charge in [0, 0.05) is 11.5 Å². The van der Waals surface area contributed by atoms with Gasteiger partial charge in [0.15, 0.2) is 0 Å². The van der Waals surface area contributed by atoms with E-state index in [4.69, 9.17) is 10.5 Å². The Morgan fingerprint density at radius 1 is 0.906 bits per heavy atom. The maximum atomic E-state index is 12.9. The summed E-state index contributed by atoms with van der Waals surface area (Å²) in [5, 5.41) is 5.30. The summed E-state index contributed by atoms with van der Waals surface area (Å²) in [5.41, 5.74) is 7.40. The summed E-state index contributed by atoms with van der Waals surface area (Å²) in [6, 6.07) is 17.4. The van der Waals surface area contributed by atoms with Crippen LogP contribution >= 0.6 is 11.8 Å². The van der Waals surface area contributed by atoms with Gasteiger partial charge < -0.3 is 21.1 Å². The van der Waals surface area contributed by atoms with Crippen molar-refractivity contribution in [3.63, 3.8) is 0 Å². The number of carbonyl (C=O) groups is 3. The average molecular weight is 458 g/mol. The topological polar surface area (TPSA) is 111 Å². The van der Waals surface area contributed by atoms with Crippen LogP contribution in [0.5, 0.6) is 0 Å². The number of thioether (sulfide) groups is 1. The van der Waals surface area contributed by atoms with Crippen molar-refractivity contribution in [3.05, 3.63) is 71.8 Å². The fraction of sp³-hybridized carbons (Fsp3) is 0.375. The van der Waals surface area contributed by atoms with Crippen molar-refractivity contribution in [1.29, 1.82) is 0 Å². The van der Waals surface area contributed by atoms with Crippen LogP contribution in [0, 0.1) is 5.92 Å². The van der Waals surface area contributed by atoms with Crippen molar-refractivity contribution in [2.24, 2.45) is 11.7 Å². The Bertz CT molecular complexity index is 862. The molecule has 0 spiro atoms. The van der Waals surface area contributed by atoms with Crippen LogP contribution in [0.2, 0.25) is 0 Å². The molecule has 0 aliphatic carbocycles. The summed E-state index contributed by atoms with van der Waals surface area (Å²) in [7, 11) is 0. The molecule has 7 nitrogen and oxygen atoms in total. The molecular formula is C24H31N3O4S. The first-order valence-electron chi connectivity index (χ1n) is 10.5. The Balaban J connectivity index is 1.98. The Kier molecular flexibility index (Phi) is 10.6. The zero-order valence-corrected chi connectivity index (χ0v) is 19.3. The molecule has 2 aromatic carbocycles. The molecule has 0 fully saturated rings. The summed E-state index contributed by atoms with van der Waals surface area (Å²) < 4.78 is 5.26. The van der Waals surface area contributed by atoms with Crippen LogP contribution in [0.15, 0.2) is 60.7 Å². The summed E-state index contributed by atoms with van der Waals surface area (Å²) in [6.07, 6.45) is -0.280. The third-order valence-corrected chi connectivity index (χ3v) is 5.69. The lowest BCUT2D eigenvalue weighted by Gasteiger charge is -2.22. The van der Waals surface area contributed by atoms with Crippen LogP contribution in [0.3, 0.4) is 0 Å². The molecule has 2 atom stereocenters. The number of primary amides is 1. The SMILES string of the molecule is CC(C)C[C@@H](NC(=O)[C@@H](CSCc1ccccc1)NC(=O)OCc1ccccc1)C(N)=O. The minimum absolute atomic E-state index is 0.0927. The van der Waals surface area contributed by atoms with Crippen molar-refractivity contribution in [2.75, 3.05) is 5.75 Å². The first-order chi connectivity index (χ1) is 15.3. The lowest BCUT2D eigenvalue weighted by Crippen LogP contribution is -2.54. The number of hydrogen-bond acceptors (Lipinski definition) is 5. The van der Waals surface area contributed by atoms with Gasteiger partial charge in [0.2, 0.25) is 11.8 Å². The molecule has 0 heterocycles. The van der Waals surface area contributed by atoms with Crippen LogP contribution < -0.4 is 16.4 Å². The molecule has 0 aromatic heterocycles. The lowest BCUT2D eigenvalue weighted by molar-refractivity contribution is -0.128. The maximum Gasteiger partial charge on any atom is 0.408 e. The second-order valence-electron chi connectivity index (χ2n) is 7.85. The molecule has 0 unspecified atom stereocenters. The Hall–Kier alpha value is -3.00. The number of nitrogens with two attached hydrogens (primary N) is 1. The zero-order valence-electron chi connectivity index (χ0n) is 18.5. The van der Waals surface area contributed by atoms with Crippen molar-refractivity contribution >= 4 is 29.7 Å². The molecule has 172 valence electrons. The first kappa shape index (κ1) is 25.3. The van der Waals surface area contributed by atoms with Crippen molar-refractivity contribution < 1.29 is 19.1 Å². The van der Waals surface area contributed by atoms with E-state index in [-0.39, 0.29) is 12.5 Å². The molecule has 3 amide bonds. The van der Waals surface area contributed by atoms with E-state index in [2.05, 4.69) is 10.6 Å². The molecule has 0 aliphatic rings. The van der Waals surface area contributed by atoms with E-state index in [0.29, 0.717) is 17.9 Å². The number of carbonyl (C=O) groups excluding carboxylic acids is 3. The third kappa shape index (κ3) is 9.43. The van der Waals surface area contributed by atoms with Crippen LogP contribution in [-0.2, 0) is 26.7 Å². The largest absolute Gasteiger partial charge is 0.445 e. The van der Waals surface area contributed by atoms with Crippen molar-refractivity contribution in [2.45, 2.75) is 44.7 Å². The number of hydrogen-bond donors (Lipinski definition) is 3. The summed E-state index contributed by atoms with van der Waals surface area (Å²) in [4.78, 5) is 37.0. The highest BCUT2D eigenvalue weighted by atomic mass is 32.2. The lowest BCUT2D eigenvalue weighted by atomic mass is 10.0. The number of ether oxygens (including phenoxy) is 1. The highest BCUT2D eigenvalue weighted by Crippen LogP contribution is 2.14. The molecule has 0 saturated heterocycles. The monoisotopic (exact) mass is 457 g/mol. The standard InChI is InChI=1S/C24H31N3O4S/c1-17(2)13-20(22(25)28)26-23(29)21(16-32-15-19-11-7-4-8-12-19)27-24(30)31-14-18-9-5-3-6-10-18/h3-12,17,20-21H,13-16H2,1-2H3,(H2,25,28)(H,26,29)(H,27,30)/t20-,21-/m1/s1. The van der Waals surface area contributed by atoms with Crippen LogP contribution in [-0.4, -0.2) is 35.7 Å². The molecule has 0 saturated carbocycles. The van der Waals surface area contributed by atoms with Gasteiger partial charge >= 0.3 is 6.09 Å². The van der Waals surface area contributed by atoms with E-state index in [0.717, 1.165) is 11.1 Å². The minimum Gasteiger partial charge on any atom is -0.445 e. The van der Waals surface area contributed by atoms with E-state index < -0.39 is 30.0 Å². The van der Waals surface area contributed by atoms with Gasteiger partial charge in [0.05, 0.1) is 0 Å².